The van der Waals surface area contributed by atoms with E-state index in [9.17, 15) is 0 Å². The number of thiazole rings is 1. The molecule has 4 heteroatoms. The number of nitrogens with zero attached hydrogens (tertiary/aromatic N) is 1. The van der Waals surface area contributed by atoms with E-state index in [1.54, 1.807) is 14.2 Å². The normalized spacial score (nSPS) is 14.5. The van der Waals surface area contributed by atoms with E-state index in [0.29, 0.717) is 5.92 Å². The first kappa shape index (κ1) is 12.5. The van der Waals surface area contributed by atoms with Gasteiger partial charge in [0.05, 0.1) is 24.9 Å². The lowest BCUT2D eigenvalue weighted by molar-refractivity contribution is 0.355. The van der Waals surface area contributed by atoms with Crippen molar-refractivity contribution >= 4 is 11.3 Å². The standard InChI is InChI=1S/C15H17NO2S/c1-9-14(16-15(19-9)10-4-5-10)11-6-7-12(17-2)13(8-11)18-3/h6-8,10H,4-5H2,1-3H3. The SMILES string of the molecule is COc1ccc(-c2nc(C3CC3)sc2C)cc1OC. The molecule has 1 aliphatic carbocycles. The lowest BCUT2D eigenvalue weighted by Gasteiger charge is -2.08. The molecule has 0 atom stereocenters. The first-order chi connectivity index (χ1) is 9.22. The minimum Gasteiger partial charge on any atom is -0.493 e. The summed E-state index contributed by atoms with van der Waals surface area (Å²) < 4.78 is 10.6. The third-order valence-electron chi connectivity index (χ3n) is 3.40. The van der Waals surface area contributed by atoms with Crippen LogP contribution in [-0.2, 0) is 0 Å². The van der Waals surface area contributed by atoms with E-state index in [0.717, 1.165) is 22.8 Å². The first-order valence-electron chi connectivity index (χ1n) is 6.42. The smallest absolute Gasteiger partial charge is 0.161 e. The molecule has 0 amide bonds. The molecular weight excluding hydrogens is 258 g/mol. The van der Waals surface area contributed by atoms with Crippen LogP contribution in [0.1, 0.15) is 28.6 Å². The average Bonchev–Trinajstić information content (AvgIpc) is 3.21. The van der Waals surface area contributed by atoms with Gasteiger partial charge in [-0.05, 0) is 38.0 Å². The predicted octanol–water partition coefficient (Wildman–Crippen LogP) is 4.01. The van der Waals surface area contributed by atoms with Crippen LogP contribution in [0.5, 0.6) is 11.5 Å². The second-order valence-electron chi connectivity index (χ2n) is 4.80. The van der Waals surface area contributed by atoms with Gasteiger partial charge in [-0.3, -0.25) is 0 Å². The van der Waals surface area contributed by atoms with Crippen LogP contribution in [0.4, 0.5) is 0 Å². The Morgan fingerprint density at radius 2 is 1.89 bits per heavy atom. The summed E-state index contributed by atoms with van der Waals surface area (Å²) in [5, 5.41) is 1.28. The molecule has 0 aliphatic heterocycles. The van der Waals surface area contributed by atoms with Crippen LogP contribution in [0.2, 0.25) is 0 Å². The Morgan fingerprint density at radius 1 is 1.16 bits per heavy atom. The first-order valence-corrected chi connectivity index (χ1v) is 7.24. The zero-order valence-corrected chi connectivity index (χ0v) is 12.2. The second kappa shape index (κ2) is 4.85. The lowest BCUT2D eigenvalue weighted by Crippen LogP contribution is -1.91. The molecule has 1 heterocycles. The maximum absolute atomic E-state index is 5.36. The Morgan fingerprint density at radius 3 is 2.53 bits per heavy atom. The van der Waals surface area contributed by atoms with E-state index in [2.05, 4.69) is 6.92 Å². The van der Waals surface area contributed by atoms with Gasteiger partial charge in [0, 0.05) is 16.4 Å². The number of methoxy groups -OCH3 is 2. The molecule has 0 unspecified atom stereocenters. The summed E-state index contributed by atoms with van der Waals surface area (Å²) in [6.45, 7) is 2.13. The zero-order valence-electron chi connectivity index (χ0n) is 11.4. The van der Waals surface area contributed by atoms with E-state index in [4.69, 9.17) is 14.5 Å². The molecule has 0 N–H and O–H groups in total. The Balaban J connectivity index is 2.01. The highest BCUT2D eigenvalue weighted by Crippen LogP contribution is 2.44. The quantitative estimate of drug-likeness (QED) is 0.844. The highest BCUT2D eigenvalue weighted by atomic mass is 32.1. The molecule has 2 aromatic rings. The molecule has 1 aromatic carbocycles. The molecule has 0 radical (unpaired) electrons. The summed E-state index contributed by atoms with van der Waals surface area (Å²) in [7, 11) is 3.31. The van der Waals surface area contributed by atoms with E-state index in [1.165, 1.54) is 22.7 Å². The monoisotopic (exact) mass is 275 g/mol. The summed E-state index contributed by atoms with van der Waals surface area (Å²) in [6.07, 6.45) is 2.58. The molecule has 1 fully saturated rings. The molecule has 3 rings (SSSR count). The number of benzene rings is 1. The second-order valence-corrected chi connectivity index (χ2v) is 6.04. The van der Waals surface area contributed by atoms with E-state index < -0.39 is 0 Å². The third-order valence-corrected chi connectivity index (χ3v) is 4.53. The number of rotatable bonds is 4. The van der Waals surface area contributed by atoms with Gasteiger partial charge in [0.1, 0.15) is 0 Å². The summed E-state index contributed by atoms with van der Waals surface area (Å²) in [5.41, 5.74) is 2.17. The fourth-order valence-electron chi connectivity index (χ4n) is 2.17. The Kier molecular flexibility index (Phi) is 3.19. The molecule has 19 heavy (non-hydrogen) atoms. The van der Waals surface area contributed by atoms with Crippen LogP contribution in [-0.4, -0.2) is 19.2 Å². The number of hydrogen-bond acceptors (Lipinski definition) is 4. The summed E-state index contributed by atoms with van der Waals surface area (Å²) >= 11 is 1.82. The maximum Gasteiger partial charge on any atom is 0.161 e. The van der Waals surface area contributed by atoms with Gasteiger partial charge in [-0.15, -0.1) is 11.3 Å². The molecule has 3 nitrogen and oxygen atoms in total. The van der Waals surface area contributed by atoms with Crippen molar-refractivity contribution in [1.82, 2.24) is 4.98 Å². The van der Waals surface area contributed by atoms with Crippen LogP contribution in [0.3, 0.4) is 0 Å². The topological polar surface area (TPSA) is 31.4 Å². The molecular formula is C15H17NO2S. The van der Waals surface area contributed by atoms with Crippen molar-refractivity contribution in [3.63, 3.8) is 0 Å². The predicted molar refractivity (Wildman–Crippen MR) is 77.4 cm³/mol. The summed E-state index contributed by atoms with van der Waals surface area (Å²) in [6, 6.07) is 5.97. The fourth-order valence-corrected chi connectivity index (χ4v) is 3.29. The van der Waals surface area contributed by atoms with Crippen LogP contribution < -0.4 is 9.47 Å². The molecule has 1 aromatic heterocycles. The minimum atomic E-state index is 0.706. The molecule has 100 valence electrons. The minimum absolute atomic E-state index is 0.706. The summed E-state index contributed by atoms with van der Waals surface area (Å²) in [5.74, 6) is 2.21. The summed E-state index contributed by atoms with van der Waals surface area (Å²) in [4.78, 5) is 6.07. The van der Waals surface area contributed by atoms with Crippen molar-refractivity contribution in [2.24, 2.45) is 0 Å². The third kappa shape index (κ3) is 2.32. The number of hydrogen-bond donors (Lipinski definition) is 0. The number of aryl methyl sites for hydroxylation is 1. The van der Waals surface area contributed by atoms with Crippen LogP contribution in [0.15, 0.2) is 18.2 Å². The van der Waals surface area contributed by atoms with Crippen LogP contribution >= 0.6 is 11.3 Å². The van der Waals surface area contributed by atoms with Gasteiger partial charge in [0.2, 0.25) is 0 Å². The molecule has 0 bridgehead atoms. The van der Waals surface area contributed by atoms with Crippen molar-refractivity contribution in [1.29, 1.82) is 0 Å². The zero-order chi connectivity index (χ0) is 13.4. The Labute approximate surface area is 117 Å². The molecule has 0 spiro atoms. The van der Waals surface area contributed by atoms with Gasteiger partial charge >= 0.3 is 0 Å². The van der Waals surface area contributed by atoms with E-state index in [-0.39, 0.29) is 0 Å². The van der Waals surface area contributed by atoms with Gasteiger partial charge in [-0.25, -0.2) is 4.98 Å². The Bertz CT molecular complexity index is 602. The van der Waals surface area contributed by atoms with Gasteiger partial charge in [0.25, 0.3) is 0 Å². The number of aromatic nitrogens is 1. The highest BCUT2D eigenvalue weighted by Gasteiger charge is 2.28. The van der Waals surface area contributed by atoms with Gasteiger partial charge in [0.15, 0.2) is 11.5 Å². The largest absolute Gasteiger partial charge is 0.493 e. The van der Waals surface area contributed by atoms with Crippen LogP contribution in [0, 0.1) is 6.92 Å². The van der Waals surface area contributed by atoms with Gasteiger partial charge in [-0.1, -0.05) is 0 Å². The molecule has 1 saturated carbocycles. The molecule has 0 saturated heterocycles. The lowest BCUT2D eigenvalue weighted by atomic mass is 10.1. The van der Waals surface area contributed by atoms with Crippen molar-refractivity contribution in [2.45, 2.75) is 25.7 Å². The van der Waals surface area contributed by atoms with E-state index in [1.807, 2.05) is 29.5 Å². The Hall–Kier alpha value is -1.55. The fraction of sp³-hybridized carbons (Fsp3) is 0.400. The van der Waals surface area contributed by atoms with E-state index >= 15 is 0 Å². The van der Waals surface area contributed by atoms with Gasteiger partial charge in [-0.2, -0.15) is 0 Å². The van der Waals surface area contributed by atoms with Crippen molar-refractivity contribution in [2.75, 3.05) is 14.2 Å². The molecule has 1 aliphatic rings. The highest BCUT2D eigenvalue weighted by molar-refractivity contribution is 7.12. The van der Waals surface area contributed by atoms with Crippen molar-refractivity contribution in [3.8, 4) is 22.8 Å². The number of ether oxygens (including phenoxy) is 2. The maximum atomic E-state index is 5.36. The average molecular weight is 275 g/mol. The van der Waals surface area contributed by atoms with Crippen molar-refractivity contribution in [3.05, 3.63) is 28.1 Å². The van der Waals surface area contributed by atoms with Gasteiger partial charge < -0.3 is 9.47 Å². The van der Waals surface area contributed by atoms with Crippen molar-refractivity contribution < 1.29 is 9.47 Å². The van der Waals surface area contributed by atoms with Crippen LogP contribution in [0.25, 0.3) is 11.3 Å².